The third-order valence-corrected chi connectivity index (χ3v) is 7.45. The van der Waals surface area contributed by atoms with Gasteiger partial charge in [0.15, 0.2) is 5.65 Å². The van der Waals surface area contributed by atoms with Crippen LogP contribution in [0.2, 0.25) is 0 Å². The maximum Gasteiger partial charge on any atom is 0.263 e. The van der Waals surface area contributed by atoms with E-state index in [9.17, 15) is 13.7 Å². The van der Waals surface area contributed by atoms with Gasteiger partial charge >= 0.3 is 0 Å². The van der Waals surface area contributed by atoms with Crippen LogP contribution in [0.4, 0.5) is 5.82 Å². The molecule has 0 aliphatic rings. The molecule has 0 spiro atoms. The number of nitrogens with zero attached hydrogens (tertiary/aromatic N) is 4. The van der Waals surface area contributed by atoms with Crippen molar-refractivity contribution in [2.75, 3.05) is 4.72 Å². The molecule has 7 nitrogen and oxygen atoms in total. The zero-order chi connectivity index (χ0) is 24.7. The molecule has 2 heterocycles. The first kappa shape index (κ1) is 21.8. The maximum atomic E-state index is 13.6. The molecule has 0 unspecified atom stereocenters. The van der Waals surface area contributed by atoms with Crippen LogP contribution in [-0.4, -0.2) is 23.0 Å². The van der Waals surface area contributed by atoms with Crippen LogP contribution in [0.5, 0.6) is 0 Å². The molecule has 6 aromatic rings. The van der Waals surface area contributed by atoms with Gasteiger partial charge in [-0.3, -0.25) is 4.72 Å². The molecule has 6 rings (SSSR count). The van der Waals surface area contributed by atoms with E-state index in [0.717, 1.165) is 16.3 Å². The van der Waals surface area contributed by atoms with Gasteiger partial charge in [-0.2, -0.15) is 5.26 Å². The lowest BCUT2D eigenvalue weighted by molar-refractivity contribution is 0.600. The maximum absolute atomic E-state index is 13.6. The molecule has 8 heteroatoms. The minimum atomic E-state index is -4.02. The molecule has 0 saturated heterocycles. The number of nitriles is 1. The molecular formula is C28H19N5O2S. The van der Waals surface area contributed by atoms with Crippen LogP contribution in [0.25, 0.3) is 33.0 Å². The summed E-state index contributed by atoms with van der Waals surface area (Å²) in [6, 6.07) is 31.6. The summed E-state index contributed by atoms with van der Waals surface area (Å²) < 4.78 is 31.5. The first-order chi connectivity index (χ1) is 17.5. The monoisotopic (exact) mass is 489 g/mol. The Morgan fingerprint density at radius 3 is 2.22 bits per heavy atom. The van der Waals surface area contributed by atoms with Crippen molar-refractivity contribution in [1.29, 1.82) is 5.26 Å². The number of nitrogens with one attached hydrogen (secondary N) is 1. The van der Waals surface area contributed by atoms with Gasteiger partial charge in [-0.1, -0.05) is 72.8 Å². The summed E-state index contributed by atoms with van der Waals surface area (Å²) in [6.45, 7) is 0.307. The molecule has 2 aromatic heterocycles. The number of hydrogen-bond acceptors (Lipinski definition) is 5. The Morgan fingerprint density at radius 1 is 0.806 bits per heavy atom. The predicted octanol–water partition coefficient (Wildman–Crippen LogP) is 5.46. The van der Waals surface area contributed by atoms with Crippen molar-refractivity contribution in [3.05, 3.63) is 108 Å². The first-order valence-corrected chi connectivity index (χ1v) is 12.8. The summed E-state index contributed by atoms with van der Waals surface area (Å²) in [5.74, 6) is 0.139. The number of aromatic nitrogens is 3. The number of benzene rings is 4. The van der Waals surface area contributed by atoms with E-state index in [-0.39, 0.29) is 16.3 Å². The van der Waals surface area contributed by atoms with Gasteiger partial charge in [0.2, 0.25) is 0 Å². The van der Waals surface area contributed by atoms with Crippen molar-refractivity contribution < 1.29 is 8.42 Å². The summed E-state index contributed by atoms with van der Waals surface area (Å²) in [6.07, 6.45) is 0. The molecule has 0 radical (unpaired) electrons. The van der Waals surface area contributed by atoms with E-state index in [0.29, 0.717) is 28.7 Å². The second kappa shape index (κ2) is 8.48. The van der Waals surface area contributed by atoms with Crippen molar-refractivity contribution in [2.45, 2.75) is 11.4 Å². The average molecular weight is 490 g/mol. The van der Waals surface area contributed by atoms with Crippen LogP contribution in [0, 0.1) is 11.3 Å². The van der Waals surface area contributed by atoms with E-state index in [2.05, 4.69) is 15.8 Å². The molecule has 0 bridgehead atoms. The smallest absolute Gasteiger partial charge is 0.263 e. The summed E-state index contributed by atoms with van der Waals surface area (Å²) in [5.41, 5.74) is 3.13. The van der Waals surface area contributed by atoms with E-state index in [1.165, 1.54) is 0 Å². The molecule has 1 N–H and O–H groups in total. The van der Waals surface area contributed by atoms with Crippen molar-refractivity contribution in [1.82, 2.24) is 14.5 Å². The third-order valence-electron chi connectivity index (χ3n) is 6.11. The highest BCUT2D eigenvalue weighted by Crippen LogP contribution is 2.32. The molecule has 0 aliphatic carbocycles. The Morgan fingerprint density at radius 2 is 1.47 bits per heavy atom. The molecule has 0 aliphatic heterocycles. The van der Waals surface area contributed by atoms with E-state index in [4.69, 9.17) is 4.98 Å². The zero-order valence-corrected chi connectivity index (χ0v) is 19.8. The molecular weight excluding hydrogens is 470 g/mol. The summed E-state index contributed by atoms with van der Waals surface area (Å²) in [4.78, 5) is 9.54. The Hall–Kier alpha value is -4.74. The van der Waals surface area contributed by atoms with Crippen LogP contribution in [0.15, 0.2) is 102 Å². The fourth-order valence-corrected chi connectivity index (χ4v) is 5.47. The molecule has 174 valence electrons. The van der Waals surface area contributed by atoms with Gasteiger partial charge in [0.25, 0.3) is 10.0 Å². The largest absolute Gasteiger partial charge is 0.305 e. The summed E-state index contributed by atoms with van der Waals surface area (Å²) in [5, 5.41) is 11.9. The number of anilines is 1. The van der Waals surface area contributed by atoms with E-state index in [1.54, 1.807) is 22.8 Å². The van der Waals surface area contributed by atoms with Crippen molar-refractivity contribution in [2.24, 2.45) is 0 Å². The topological polar surface area (TPSA) is 101 Å². The molecule has 36 heavy (non-hydrogen) atoms. The SMILES string of the molecule is N#Cc1c(NS(=O)(=O)c2ccc3ccccc3c2)n(Cc2ccccc2)c2nc3ccccc3nc12. The van der Waals surface area contributed by atoms with E-state index in [1.807, 2.05) is 78.9 Å². The zero-order valence-electron chi connectivity index (χ0n) is 19.0. The summed E-state index contributed by atoms with van der Waals surface area (Å²) >= 11 is 0. The molecule has 0 atom stereocenters. The average Bonchev–Trinajstić information content (AvgIpc) is 3.18. The van der Waals surface area contributed by atoms with Crippen LogP contribution in [-0.2, 0) is 16.6 Å². The second-order valence-electron chi connectivity index (χ2n) is 8.41. The van der Waals surface area contributed by atoms with Crippen LogP contribution in [0.3, 0.4) is 0 Å². The minimum Gasteiger partial charge on any atom is -0.305 e. The van der Waals surface area contributed by atoms with Gasteiger partial charge in [0.05, 0.1) is 22.5 Å². The van der Waals surface area contributed by atoms with Crippen LogP contribution >= 0.6 is 0 Å². The third kappa shape index (κ3) is 3.72. The van der Waals surface area contributed by atoms with Gasteiger partial charge in [0.1, 0.15) is 23.0 Å². The Bertz CT molecular complexity index is 1920. The number of fused-ring (bicyclic) bond motifs is 3. The highest BCUT2D eigenvalue weighted by Gasteiger charge is 2.25. The van der Waals surface area contributed by atoms with Crippen LogP contribution in [0.1, 0.15) is 11.1 Å². The molecule has 4 aromatic carbocycles. The summed E-state index contributed by atoms with van der Waals surface area (Å²) in [7, 11) is -4.02. The number of sulfonamides is 1. The van der Waals surface area contributed by atoms with Crippen LogP contribution < -0.4 is 4.72 Å². The predicted molar refractivity (Wildman–Crippen MR) is 140 cm³/mol. The number of hydrogen-bond donors (Lipinski definition) is 1. The normalized spacial score (nSPS) is 11.6. The van der Waals surface area contributed by atoms with Gasteiger partial charge in [0, 0.05) is 0 Å². The number of rotatable bonds is 5. The van der Waals surface area contributed by atoms with E-state index < -0.39 is 10.0 Å². The van der Waals surface area contributed by atoms with Gasteiger partial charge < -0.3 is 4.57 Å². The van der Waals surface area contributed by atoms with Gasteiger partial charge in [-0.15, -0.1) is 0 Å². The van der Waals surface area contributed by atoms with Crippen molar-refractivity contribution in [3.63, 3.8) is 0 Å². The fourth-order valence-electron chi connectivity index (χ4n) is 4.35. The van der Waals surface area contributed by atoms with Gasteiger partial charge in [-0.05, 0) is 40.6 Å². The van der Waals surface area contributed by atoms with Crippen molar-refractivity contribution >= 4 is 48.8 Å². The van der Waals surface area contributed by atoms with E-state index >= 15 is 0 Å². The highest BCUT2D eigenvalue weighted by molar-refractivity contribution is 7.92. The Balaban J connectivity index is 1.56. The van der Waals surface area contributed by atoms with Crippen molar-refractivity contribution in [3.8, 4) is 6.07 Å². The Labute approximate surface area is 207 Å². The molecule has 0 saturated carbocycles. The second-order valence-corrected chi connectivity index (χ2v) is 10.1. The fraction of sp³-hybridized carbons (Fsp3) is 0.0357. The number of para-hydroxylation sites is 2. The lowest BCUT2D eigenvalue weighted by Gasteiger charge is -2.13. The lowest BCUT2D eigenvalue weighted by Crippen LogP contribution is -2.17. The first-order valence-electron chi connectivity index (χ1n) is 11.3. The standard InChI is InChI=1S/C28H19N5O2S/c29-17-23-26-28(31-25-13-7-6-12-24(25)30-26)33(18-19-8-2-1-3-9-19)27(23)32-36(34,35)22-15-14-20-10-4-5-11-21(20)16-22/h1-16,32H,18H2. The molecule has 0 amide bonds. The Kier molecular flexibility index (Phi) is 5.13. The highest BCUT2D eigenvalue weighted by atomic mass is 32.2. The quantitative estimate of drug-likeness (QED) is 0.347. The minimum absolute atomic E-state index is 0.104. The lowest BCUT2D eigenvalue weighted by atomic mass is 10.1. The molecule has 0 fully saturated rings. The van der Waals surface area contributed by atoms with Gasteiger partial charge in [-0.25, -0.2) is 18.4 Å².